The minimum absolute atomic E-state index is 0.0682. The van der Waals surface area contributed by atoms with Crippen molar-refractivity contribution >= 4 is 17.8 Å². The van der Waals surface area contributed by atoms with E-state index in [1.807, 2.05) is 20.8 Å². The van der Waals surface area contributed by atoms with Crippen LogP contribution in [0.5, 0.6) is 0 Å². The number of imide groups is 1. The molecule has 0 saturated carbocycles. The van der Waals surface area contributed by atoms with Crippen molar-refractivity contribution in [3.63, 3.8) is 0 Å². The number of halogens is 1. The molecular formula is C18H24FN3O3. The van der Waals surface area contributed by atoms with E-state index in [1.165, 1.54) is 24.3 Å². The highest BCUT2D eigenvalue weighted by Gasteiger charge is 2.51. The Morgan fingerprint density at radius 1 is 1.24 bits per heavy atom. The molecule has 0 radical (unpaired) electrons. The molecule has 1 aliphatic rings. The van der Waals surface area contributed by atoms with Crippen molar-refractivity contribution in [1.82, 2.24) is 15.5 Å². The summed E-state index contributed by atoms with van der Waals surface area (Å²) in [5, 5.41) is 5.45. The Hall–Kier alpha value is -2.44. The molecule has 1 fully saturated rings. The van der Waals surface area contributed by atoms with Crippen LogP contribution in [0.15, 0.2) is 24.3 Å². The zero-order valence-corrected chi connectivity index (χ0v) is 14.9. The Morgan fingerprint density at radius 2 is 1.84 bits per heavy atom. The lowest BCUT2D eigenvalue weighted by atomic mass is 9.87. The van der Waals surface area contributed by atoms with Crippen LogP contribution in [0.25, 0.3) is 0 Å². The van der Waals surface area contributed by atoms with Gasteiger partial charge in [0.15, 0.2) is 0 Å². The van der Waals surface area contributed by atoms with Gasteiger partial charge in [0, 0.05) is 6.04 Å². The average Bonchev–Trinajstić information content (AvgIpc) is 2.80. The van der Waals surface area contributed by atoms with Crippen LogP contribution in [-0.4, -0.2) is 35.3 Å². The summed E-state index contributed by atoms with van der Waals surface area (Å²) in [7, 11) is 0. The third-order valence-electron chi connectivity index (χ3n) is 4.73. The Labute approximate surface area is 146 Å². The summed E-state index contributed by atoms with van der Waals surface area (Å²) in [6, 6.07) is 4.74. The quantitative estimate of drug-likeness (QED) is 0.773. The van der Waals surface area contributed by atoms with E-state index in [1.54, 1.807) is 6.92 Å². The lowest BCUT2D eigenvalue weighted by molar-refractivity contribution is -0.135. The van der Waals surface area contributed by atoms with Crippen LogP contribution in [0, 0.1) is 11.7 Å². The van der Waals surface area contributed by atoms with Crippen molar-refractivity contribution in [1.29, 1.82) is 0 Å². The molecule has 2 rings (SSSR count). The van der Waals surface area contributed by atoms with Crippen LogP contribution in [0.3, 0.4) is 0 Å². The molecule has 1 aromatic carbocycles. The van der Waals surface area contributed by atoms with Gasteiger partial charge in [-0.15, -0.1) is 0 Å². The maximum atomic E-state index is 13.2. The molecule has 0 aliphatic carbocycles. The van der Waals surface area contributed by atoms with Crippen LogP contribution in [0.2, 0.25) is 0 Å². The molecule has 0 spiro atoms. The molecule has 1 saturated heterocycles. The molecule has 1 heterocycles. The number of hydrogen-bond donors (Lipinski definition) is 2. The molecule has 2 N–H and O–H groups in total. The van der Waals surface area contributed by atoms with E-state index in [0.717, 1.165) is 4.90 Å². The first kappa shape index (κ1) is 18.9. The predicted molar refractivity (Wildman–Crippen MR) is 91.1 cm³/mol. The molecule has 1 aliphatic heterocycles. The molecular weight excluding hydrogens is 325 g/mol. The van der Waals surface area contributed by atoms with E-state index < -0.39 is 29.2 Å². The second-order valence-corrected chi connectivity index (χ2v) is 6.69. The molecule has 25 heavy (non-hydrogen) atoms. The second kappa shape index (κ2) is 7.21. The summed E-state index contributed by atoms with van der Waals surface area (Å²) in [5.41, 5.74) is -0.775. The maximum Gasteiger partial charge on any atom is 0.325 e. The number of amides is 4. The van der Waals surface area contributed by atoms with Crippen molar-refractivity contribution in [3.8, 4) is 0 Å². The van der Waals surface area contributed by atoms with Gasteiger partial charge in [-0.25, -0.2) is 9.18 Å². The monoisotopic (exact) mass is 349 g/mol. The van der Waals surface area contributed by atoms with Crippen LogP contribution in [0.4, 0.5) is 9.18 Å². The lowest BCUT2D eigenvalue weighted by Gasteiger charge is -2.26. The molecule has 4 amide bonds. The van der Waals surface area contributed by atoms with Gasteiger partial charge in [0.1, 0.15) is 17.9 Å². The number of benzene rings is 1. The highest BCUT2D eigenvalue weighted by Crippen LogP contribution is 2.32. The zero-order valence-electron chi connectivity index (χ0n) is 14.9. The van der Waals surface area contributed by atoms with E-state index in [-0.39, 0.29) is 18.5 Å². The summed E-state index contributed by atoms with van der Waals surface area (Å²) < 4.78 is 13.2. The number of nitrogens with zero attached hydrogens (tertiary/aromatic N) is 1. The summed E-state index contributed by atoms with van der Waals surface area (Å²) in [5.74, 6) is -1.08. The Morgan fingerprint density at radius 3 is 2.36 bits per heavy atom. The zero-order chi connectivity index (χ0) is 18.8. The first-order valence-electron chi connectivity index (χ1n) is 8.40. The van der Waals surface area contributed by atoms with E-state index >= 15 is 0 Å². The van der Waals surface area contributed by atoms with E-state index in [9.17, 15) is 18.8 Å². The van der Waals surface area contributed by atoms with Crippen molar-refractivity contribution in [2.45, 2.75) is 45.7 Å². The first-order valence-corrected chi connectivity index (χ1v) is 8.40. The molecule has 0 bridgehead atoms. The molecule has 0 unspecified atom stereocenters. The smallest absolute Gasteiger partial charge is 0.325 e. The Balaban J connectivity index is 2.20. The molecule has 1 aromatic rings. The van der Waals surface area contributed by atoms with E-state index in [4.69, 9.17) is 0 Å². The topological polar surface area (TPSA) is 78.5 Å². The highest BCUT2D eigenvalue weighted by molar-refractivity contribution is 6.09. The number of urea groups is 1. The number of carbonyl (C=O) groups is 3. The number of carbonyl (C=O) groups excluding carboxylic acids is 3. The molecule has 0 aromatic heterocycles. The number of nitrogens with one attached hydrogen (secondary N) is 2. The highest BCUT2D eigenvalue weighted by atomic mass is 19.1. The van der Waals surface area contributed by atoms with Crippen LogP contribution in [-0.2, 0) is 15.1 Å². The van der Waals surface area contributed by atoms with Gasteiger partial charge < -0.3 is 10.6 Å². The van der Waals surface area contributed by atoms with Crippen molar-refractivity contribution in [2.24, 2.45) is 5.92 Å². The van der Waals surface area contributed by atoms with E-state index in [2.05, 4.69) is 10.6 Å². The summed E-state index contributed by atoms with van der Waals surface area (Å²) in [6.07, 6.45) is 0.295. The van der Waals surface area contributed by atoms with Crippen molar-refractivity contribution in [2.75, 3.05) is 6.54 Å². The van der Waals surface area contributed by atoms with Gasteiger partial charge in [-0.05, 0) is 37.0 Å². The predicted octanol–water partition coefficient (Wildman–Crippen LogP) is 2.14. The summed E-state index contributed by atoms with van der Waals surface area (Å²) in [4.78, 5) is 38.2. The summed E-state index contributed by atoms with van der Waals surface area (Å²) in [6.45, 7) is 7.21. The van der Waals surface area contributed by atoms with Crippen LogP contribution < -0.4 is 10.6 Å². The third-order valence-corrected chi connectivity index (χ3v) is 4.73. The minimum atomic E-state index is -1.27. The Kier molecular flexibility index (Phi) is 5.45. The van der Waals surface area contributed by atoms with Gasteiger partial charge in [0.05, 0.1) is 0 Å². The van der Waals surface area contributed by atoms with Crippen LogP contribution >= 0.6 is 0 Å². The first-order chi connectivity index (χ1) is 11.7. The van der Waals surface area contributed by atoms with Gasteiger partial charge in [0.25, 0.3) is 5.91 Å². The van der Waals surface area contributed by atoms with Gasteiger partial charge in [-0.3, -0.25) is 14.5 Å². The standard InChI is InChI=1S/C18H24FN3O3/c1-5-18(13-6-8-14(19)9-7-13)16(24)22(17(25)21-18)10-15(23)20-12(4)11(2)3/h6-9,11-12H,5,10H2,1-4H3,(H,20,23)(H,21,25)/t12-,18-/m0/s1. The third kappa shape index (κ3) is 3.65. The SMILES string of the molecule is CC[C@@]1(c2ccc(F)cc2)NC(=O)N(CC(=O)N[C@@H](C)C(C)C)C1=O. The molecule has 136 valence electrons. The lowest BCUT2D eigenvalue weighted by Crippen LogP contribution is -2.46. The maximum absolute atomic E-state index is 13.2. The van der Waals surface area contributed by atoms with Gasteiger partial charge in [-0.2, -0.15) is 0 Å². The second-order valence-electron chi connectivity index (χ2n) is 6.69. The fourth-order valence-electron chi connectivity index (χ4n) is 2.75. The molecule has 6 nitrogen and oxygen atoms in total. The van der Waals surface area contributed by atoms with Gasteiger partial charge in [0.2, 0.25) is 5.91 Å². The average molecular weight is 349 g/mol. The van der Waals surface area contributed by atoms with Crippen molar-refractivity contribution in [3.05, 3.63) is 35.6 Å². The fourth-order valence-corrected chi connectivity index (χ4v) is 2.75. The van der Waals surface area contributed by atoms with Crippen molar-refractivity contribution < 1.29 is 18.8 Å². The minimum Gasteiger partial charge on any atom is -0.352 e. The molecule has 2 atom stereocenters. The number of hydrogen-bond acceptors (Lipinski definition) is 3. The van der Waals surface area contributed by atoms with Gasteiger partial charge >= 0.3 is 6.03 Å². The van der Waals surface area contributed by atoms with Gasteiger partial charge in [-0.1, -0.05) is 32.9 Å². The number of rotatable bonds is 6. The summed E-state index contributed by atoms with van der Waals surface area (Å²) >= 11 is 0. The Bertz CT molecular complexity index is 675. The largest absolute Gasteiger partial charge is 0.352 e. The van der Waals surface area contributed by atoms with Crippen LogP contribution in [0.1, 0.15) is 39.7 Å². The normalized spacial score (nSPS) is 21.4. The fraction of sp³-hybridized carbons (Fsp3) is 0.500. The molecule has 7 heteroatoms. The van der Waals surface area contributed by atoms with E-state index in [0.29, 0.717) is 12.0 Å².